The number of aliphatic hydroxyl groups is 1. The van der Waals surface area contributed by atoms with Crippen molar-refractivity contribution in [1.82, 2.24) is 0 Å². The van der Waals surface area contributed by atoms with Gasteiger partial charge < -0.3 is 9.84 Å². The van der Waals surface area contributed by atoms with Gasteiger partial charge in [-0.25, -0.2) is 0 Å². The summed E-state index contributed by atoms with van der Waals surface area (Å²) in [6, 6.07) is 10.1. The fourth-order valence-electron chi connectivity index (χ4n) is 1.63. The van der Waals surface area contributed by atoms with Crippen LogP contribution in [0, 0.1) is 5.41 Å². The first-order chi connectivity index (χ1) is 8.80. The van der Waals surface area contributed by atoms with Gasteiger partial charge in [0.1, 0.15) is 0 Å². The molecule has 1 aromatic rings. The van der Waals surface area contributed by atoms with Crippen LogP contribution >= 0.6 is 0 Å². The second-order valence-corrected chi connectivity index (χ2v) is 6.18. The second-order valence-electron chi connectivity index (χ2n) is 6.18. The lowest BCUT2D eigenvalue weighted by Gasteiger charge is -2.28. The van der Waals surface area contributed by atoms with Gasteiger partial charge in [0.15, 0.2) is 0 Å². The van der Waals surface area contributed by atoms with Crippen LogP contribution in [-0.4, -0.2) is 17.3 Å². The van der Waals surface area contributed by atoms with Gasteiger partial charge in [-0.3, -0.25) is 0 Å². The van der Waals surface area contributed by atoms with Crippen molar-refractivity contribution in [3.05, 3.63) is 48.0 Å². The molecule has 2 atom stereocenters. The highest BCUT2D eigenvalue weighted by Crippen LogP contribution is 2.25. The van der Waals surface area contributed by atoms with E-state index in [1.807, 2.05) is 58.0 Å². The van der Waals surface area contributed by atoms with E-state index in [2.05, 4.69) is 6.58 Å². The van der Waals surface area contributed by atoms with Crippen LogP contribution in [0.4, 0.5) is 0 Å². The van der Waals surface area contributed by atoms with Gasteiger partial charge in [-0.1, -0.05) is 57.7 Å². The van der Waals surface area contributed by atoms with E-state index in [1.54, 1.807) is 0 Å². The number of ether oxygens (including phenoxy) is 1. The molecule has 0 aliphatic rings. The Balaban J connectivity index is 2.41. The minimum atomic E-state index is -0.386. The van der Waals surface area contributed by atoms with E-state index in [-0.39, 0.29) is 17.6 Å². The van der Waals surface area contributed by atoms with E-state index in [4.69, 9.17) is 4.74 Å². The minimum Gasteiger partial charge on any atom is -0.392 e. The van der Waals surface area contributed by atoms with Gasteiger partial charge in [0.2, 0.25) is 0 Å². The Kier molecular flexibility index (Phi) is 5.77. The lowest BCUT2D eigenvalue weighted by atomic mass is 9.85. The number of hydrogen-bond acceptors (Lipinski definition) is 2. The van der Waals surface area contributed by atoms with Crippen LogP contribution in [0.5, 0.6) is 0 Å². The maximum Gasteiger partial charge on any atom is 0.0759 e. The highest BCUT2D eigenvalue weighted by Gasteiger charge is 2.24. The summed E-state index contributed by atoms with van der Waals surface area (Å²) in [5.74, 6) is 0. The molecule has 0 unspecified atom stereocenters. The molecule has 0 heterocycles. The highest BCUT2D eigenvalue weighted by molar-refractivity contribution is 5.14. The normalized spacial score (nSPS) is 15.0. The number of benzene rings is 1. The molecule has 0 spiro atoms. The van der Waals surface area contributed by atoms with Crippen molar-refractivity contribution >= 4 is 0 Å². The van der Waals surface area contributed by atoms with E-state index in [9.17, 15) is 5.11 Å². The van der Waals surface area contributed by atoms with E-state index in [1.165, 1.54) is 0 Å². The summed E-state index contributed by atoms with van der Waals surface area (Å²) >= 11 is 0. The fraction of sp³-hybridized carbons (Fsp3) is 0.529. The monoisotopic (exact) mass is 262 g/mol. The van der Waals surface area contributed by atoms with Gasteiger partial charge in [0.25, 0.3) is 0 Å². The first-order valence-corrected chi connectivity index (χ1v) is 6.82. The molecule has 0 bridgehead atoms. The maximum atomic E-state index is 10.1. The molecular weight excluding hydrogens is 236 g/mol. The summed E-state index contributed by atoms with van der Waals surface area (Å²) in [7, 11) is 0. The number of rotatable bonds is 6. The predicted octanol–water partition coefficient (Wildman–Crippen LogP) is 3.95. The molecule has 0 fully saturated rings. The van der Waals surface area contributed by atoms with Crippen LogP contribution in [-0.2, 0) is 11.3 Å². The molecule has 2 nitrogen and oxygen atoms in total. The average molecular weight is 262 g/mol. The molecule has 0 aliphatic heterocycles. The Labute approximate surface area is 117 Å². The largest absolute Gasteiger partial charge is 0.392 e. The topological polar surface area (TPSA) is 29.5 Å². The summed E-state index contributed by atoms with van der Waals surface area (Å²) in [5.41, 5.74) is 1.97. The third kappa shape index (κ3) is 5.58. The van der Waals surface area contributed by atoms with E-state index in [0.29, 0.717) is 13.0 Å². The molecule has 106 valence electrons. The molecule has 0 saturated heterocycles. The predicted molar refractivity (Wildman–Crippen MR) is 79.9 cm³/mol. The van der Waals surface area contributed by atoms with Crippen molar-refractivity contribution in [2.75, 3.05) is 0 Å². The van der Waals surface area contributed by atoms with Crippen molar-refractivity contribution in [3.8, 4) is 0 Å². The Bertz CT molecular complexity index is 389. The zero-order valence-corrected chi connectivity index (χ0v) is 12.5. The van der Waals surface area contributed by atoms with Crippen LogP contribution < -0.4 is 0 Å². The fourth-order valence-corrected chi connectivity index (χ4v) is 1.63. The zero-order chi connectivity index (χ0) is 14.5. The molecule has 1 aromatic carbocycles. The van der Waals surface area contributed by atoms with Crippen molar-refractivity contribution in [1.29, 1.82) is 0 Å². The molecule has 0 saturated carbocycles. The first-order valence-electron chi connectivity index (χ1n) is 6.82. The molecule has 19 heavy (non-hydrogen) atoms. The Morgan fingerprint density at radius 2 is 1.84 bits per heavy atom. The summed E-state index contributed by atoms with van der Waals surface area (Å²) in [5, 5.41) is 10.1. The summed E-state index contributed by atoms with van der Waals surface area (Å²) < 4.78 is 5.79. The van der Waals surface area contributed by atoms with Crippen molar-refractivity contribution in [2.45, 2.75) is 52.9 Å². The van der Waals surface area contributed by atoms with Crippen molar-refractivity contribution < 1.29 is 9.84 Å². The van der Waals surface area contributed by atoms with Crippen LogP contribution in [0.2, 0.25) is 0 Å². The lowest BCUT2D eigenvalue weighted by molar-refractivity contribution is 0.0414. The summed E-state index contributed by atoms with van der Waals surface area (Å²) in [4.78, 5) is 0. The van der Waals surface area contributed by atoms with Gasteiger partial charge in [0.05, 0.1) is 18.8 Å². The third-order valence-corrected chi connectivity index (χ3v) is 3.37. The van der Waals surface area contributed by atoms with Gasteiger partial charge in [-0.15, -0.1) is 0 Å². The van der Waals surface area contributed by atoms with Gasteiger partial charge in [-0.05, 0) is 29.9 Å². The number of aliphatic hydroxyl groups excluding tert-OH is 1. The molecule has 2 heteroatoms. The van der Waals surface area contributed by atoms with E-state index in [0.717, 1.165) is 11.1 Å². The van der Waals surface area contributed by atoms with Crippen LogP contribution in [0.3, 0.4) is 0 Å². The van der Waals surface area contributed by atoms with Crippen LogP contribution in [0.1, 0.15) is 39.7 Å². The molecule has 0 aliphatic carbocycles. The standard InChI is InChI=1S/C17H26O2/c1-13(11-16(18)17(3,4)5)14(2)19-12-15-9-7-6-8-10-15/h6-10,14,16,18H,1,11-12H2,2-5H3/t14-,16+/m1/s1. The van der Waals surface area contributed by atoms with E-state index < -0.39 is 0 Å². The van der Waals surface area contributed by atoms with Crippen LogP contribution in [0.25, 0.3) is 0 Å². The second kappa shape index (κ2) is 6.88. The number of hydrogen-bond donors (Lipinski definition) is 1. The minimum absolute atomic E-state index is 0.0443. The Hall–Kier alpha value is -1.12. The molecule has 0 radical (unpaired) electrons. The Morgan fingerprint density at radius 1 is 1.26 bits per heavy atom. The summed E-state index contributed by atoms with van der Waals surface area (Å²) in [6.07, 6.45) is 0.152. The van der Waals surface area contributed by atoms with Crippen molar-refractivity contribution in [3.63, 3.8) is 0 Å². The molecule has 1 N–H and O–H groups in total. The third-order valence-electron chi connectivity index (χ3n) is 3.37. The average Bonchev–Trinajstić information content (AvgIpc) is 2.35. The van der Waals surface area contributed by atoms with E-state index >= 15 is 0 Å². The SMILES string of the molecule is C=C(C[C@H](O)C(C)(C)C)[C@@H](C)OCc1ccccc1. The van der Waals surface area contributed by atoms with Crippen molar-refractivity contribution in [2.24, 2.45) is 5.41 Å². The quantitative estimate of drug-likeness (QED) is 0.787. The molecule has 1 rings (SSSR count). The summed E-state index contributed by atoms with van der Waals surface area (Å²) in [6.45, 7) is 12.7. The molecular formula is C17H26O2. The first kappa shape index (κ1) is 15.9. The zero-order valence-electron chi connectivity index (χ0n) is 12.5. The van der Waals surface area contributed by atoms with Gasteiger partial charge in [-0.2, -0.15) is 0 Å². The maximum absolute atomic E-state index is 10.1. The van der Waals surface area contributed by atoms with Crippen LogP contribution in [0.15, 0.2) is 42.5 Å². The van der Waals surface area contributed by atoms with Gasteiger partial charge in [0, 0.05) is 0 Å². The highest BCUT2D eigenvalue weighted by atomic mass is 16.5. The van der Waals surface area contributed by atoms with Gasteiger partial charge >= 0.3 is 0 Å². The molecule has 0 aromatic heterocycles. The smallest absolute Gasteiger partial charge is 0.0759 e. The Morgan fingerprint density at radius 3 is 2.37 bits per heavy atom. The molecule has 0 amide bonds. The lowest BCUT2D eigenvalue weighted by Crippen LogP contribution is -2.28.